The van der Waals surface area contributed by atoms with E-state index in [0.717, 1.165) is 19.5 Å². The van der Waals surface area contributed by atoms with E-state index in [2.05, 4.69) is 18.0 Å². The van der Waals surface area contributed by atoms with Gasteiger partial charge >= 0.3 is 0 Å². The van der Waals surface area contributed by atoms with E-state index in [1.54, 1.807) is 12.2 Å². The number of allylic oxidation sites excluding steroid dienone is 6. The lowest BCUT2D eigenvalue weighted by molar-refractivity contribution is 0.240. The van der Waals surface area contributed by atoms with Crippen LogP contribution in [0.2, 0.25) is 0 Å². The lowest BCUT2D eigenvalue weighted by atomic mass is 9.88. The molecule has 1 aliphatic heterocycles. The fourth-order valence-corrected chi connectivity index (χ4v) is 2.26. The number of halogens is 1. The number of piperidine rings is 1. The first-order valence-electron chi connectivity index (χ1n) is 5.68. The average Bonchev–Trinajstić information content (AvgIpc) is 2.44. The molecule has 82 valence electrons. The van der Waals surface area contributed by atoms with E-state index >= 15 is 0 Å². The monoisotopic (exact) mass is 207 g/mol. The van der Waals surface area contributed by atoms with Gasteiger partial charge in [-0.25, -0.2) is 4.39 Å². The van der Waals surface area contributed by atoms with E-state index in [1.165, 1.54) is 18.4 Å². The summed E-state index contributed by atoms with van der Waals surface area (Å²) in [6, 6.07) is 0. The molecule has 2 rings (SSSR count). The molecule has 1 saturated heterocycles. The van der Waals surface area contributed by atoms with Gasteiger partial charge in [0.1, 0.15) is 5.83 Å². The van der Waals surface area contributed by atoms with E-state index in [9.17, 15) is 4.39 Å². The van der Waals surface area contributed by atoms with Crippen molar-refractivity contribution in [2.45, 2.75) is 19.3 Å². The molecule has 1 aliphatic carbocycles. The number of rotatable bonds is 1. The van der Waals surface area contributed by atoms with Crippen molar-refractivity contribution in [3.63, 3.8) is 0 Å². The van der Waals surface area contributed by atoms with Crippen molar-refractivity contribution in [1.82, 2.24) is 4.90 Å². The first-order valence-corrected chi connectivity index (χ1v) is 5.68. The highest BCUT2D eigenvalue weighted by Crippen LogP contribution is 2.27. The quantitative estimate of drug-likeness (QED) is 0.638. The molecule has 0 aromatic carbocycles. The molecule has 15 heavy (non-hydrogen) atoms. The number of hydrogen-bond acceptors (Lipinski definition) is 1. The van der Waals surface area contributed by atoms with Crippen LogP contribution in [-0.2, 0) is 0 Å². The molecule has 0 atom stereocenters. The molecule has 0 bridgehead atoms. The van der Waals surface area contributed by atoms with Crippen molar-refractivity contribution in [3.05, 3.63) is 35.7 Å². The standard InChI is InChI=1S/C13H18FN/c1-15-9-7-12(8-10-15)11-3-2-4-13(14)6-5-11/h3-6,12H,2,7-10H2,1H3. The maximum Gasteiger partial charge on any atom is 0.119 e. The molecule has 2 aliphatic rings. The van der Waals surface area contributed by atoms with Gasteiger partial charge in [0.25, 0.3) is 0 Å². The number of likely N-dealkylation sites (tertiary alicyclic amines) is 1. The SMILES string of the molecule is CN1CCC(C2=CCC=C(F)C=C2)CC1. The molecule has 0 amide bonds. The smallest absolute Gasteiger partial charge is 0.119 e. The van der Waals surface area contributed by atoms with Crippen LogP contribution in [-0.4, -0.2) is 25.0 Å². The summed E-state index contributed by atoms with van der Waals surface area (Å²) in [5.41, 5.74) is 1.33. The molecule has 0 aromatic heterocycles. The van der Waals surface area contributed by atoms with E-state index in [4.69, 9.17) is 0 Å². The highest BCUT2D eigenvalue weighted by molar-refractivity contribution is 5.31. The van der Waals surface area contributed by atoms with Gasteiger partial charge in [0.2, 0.25) is 0 Å². The third-order valence-electron chi connectivity index (χ3n) is 3.29. The fraction of sp³-hybridized carbons (Fsp3) is 0.538. The Kier molecular flexibility index (Phi) is 3.37. The molecule has 0 aromatic rings. The molecule has 0 unspecified atom stereocenters. The first kappa shape index (κ1) is 10.6. The van der Waals surface area contributed by atoms with Gasteiger partial charge in [0.15, 0.2) is 0 Å². The largest absolute Gasteiger partial charge is 0.306 e. The highest BCUT2D eigenvalue weighted by atomic mass is 19.1. The Balaban J connectivity index is 2.00. The topological polar surface area (TPSA) is 3.24 Å². The summed E-state index contributed by atoms with van der Waals surface area (Å²) in [4.78, 5) is 2.36. The van der Waals surface area contributed by atoms with Crippen molar-refractivity contribution < 1.29 is 4.39 Å². The normalized spacial score (nSPS) is 24.7. The maximum absolute atomic E-state index is 13.0. The van der Waals surface area contributed by atoms with Crippen molar-refractivity contribution in [1.29, 1.82) is 0 Å². The molecule has 0 radical (unpaired) electrons. The Bertz CT molecular complexity index is 306. The van der Waals surface area contributed by atoms with Crippen LogP contribution in [0.4, 0.5) is 4.39 Å². The van der Waals surface area contributed by atoms with Gasteiger partial charge in [-0.3, -0.25) is 0 Å². The van der Waals surface area contributed by atoms with Crippen LogP contribution in [0.5, 0.6) is 0 Å². The Morgan fingerprint density at radius 3 is 2.67 bits per heavy atom. The Hall–Kier alpha value is -0.890. The molecular weight excluding hydrogens is 189 g/mol. The first-order chi connectivity index (χ1) is 7.25. The second-order valence-electron chi connectivity index (χ2n) is 4.44. The van der Waals surface area contributed by atoms with Crippen LogP contribution in [0.3, 0.4) is 0 Å². The third-order valence-corrected chi connectivity index (χ3v) is 3.29. The highest BCUT2D eigenvalue weighted by Gasteiger charge is 2.19. The zero-order valence-corrected chi connectivity index (χ0v) is 9.25. The summed E-state index contributed by atoms with van der Waals surface area (Å²) in [5.74, 6) is 0.533. The maximum atomic E-state index is 13.0. The van der Waals surface area contributed by atoms with Crippen molar-refractivity contribution in [2.75, 3.05) is 20.1 Å². The molecule has 1 fully saturated rings. The molecule has 2 heteroatoms. The second kappa shape index (κ2) is 4.75. The van der Waals surface area contributed by atoms with Gasteiger partial charge in [0, 0.05) is 0 Å². The van der Waals surface area contributed by atoms with Gasteiger partial charge in [-0.1, -0.05) is 12.2 Å². The minimum atomic E-state index is -0.103. The van der Waals surface area contributed by atoms with E-state index in [1.807, 2.05) is 6.08 Å². The van der Waals surface area contributed by atoms with Crippen LogP contribution in [0, 0.1) is 5.92 Å². The Labute approximate surface area is 91.0 Å². The summed E-state index contributed by atoms with van der Waals surface area (Å²) >= 11 is 0. The van der Waals surface area contributed by atoms with Gasteiger partial charge in [-0.05, 0) is 63.0 Å². The zero-order valence-electron chi connectivity index (χ0n) is 9.25. The van der Waals surface area contributed by atoms with E-state index < -0.39 is 0 Å². The molecule has 1 nitrogen and oxygen atoms in total. The van der Waals surface area contributed by atoms with Gasteiger partial charge in [-0.2, -0.15) is 0 Å². The average molecular weight is 207 g/mol. The molecule has 0 saturated carbocycles. The Morgan fingerprint density at radius 1 is 1.20 bits per heavy atom. The summed E-state index contributed by atoms with van der Waals surface area (Å²) in [6.45, 7) is 2.32. The van der Waals surface area contributed by atoms with Crippen molar-refractivity contribution in [3.8, 4) is 0 Å². The molecular formula is C13H18FN. The predicted molar refractivity (Wildman–Crippen MR) is 61.3 cm³/mol. The minimum Gasteiger partial charge on any atom is -0.306 e. The van der Waals surface area contributed by atoms with Crippen LogP contribution in [0.15, 0.2) is 35.7 Å². The lowest BCUT2D eigenvalue weighted by Gasteiger charge is -2.29. The van der Waals surface area contributed by atoms with Gasteiger partial charge in [0.05, 0.1) is 0 Å². The molecule has 1 heterocycles. The van der Waals surface area contributed by atoms with Crippen LogP contribution in [0.1, 0.15) is 19.3 Å². The summed E-state index contributed by atoms with van der Waals surface area (Å²) in [7, 11) is 2.16. The van der Waals surface area contributed by atoms with Crippen molar-refractivity contribution >= 4 is 0 Å². The summed E-state index contributed by atoms with van der Waals surface area (Å²) < 4.78 is 13.0. The third kappa shape index (κ3) is 2.78. The van der Waals surface area contributed by atoms with Crippen LogP contribution in [0.25, 0.3) is 0 Å². The predicted octanol–water partition coefficient (Wildman–Crippen LogP) is 3.07. The van der Waals surface area contributed by atoms with E-state index in [0.29, 0.717) is 5.92 Å². The minimum absolute atomic E-state index is 0.103. The molecule has 0 N–H and O–H groups in total. The fourth-order valence-electron chi connectivity index (χ4n) is 2.26. The Morgan fingerprint density at radius 2 is 1.93 bits per heavy atom. The van der Waals surface area contributed by atoms with Gasteiger partial charge in [-0.15, -0.1) is 0 Å². The summed E-state index contributed by atoms with van der Waals surface area (Å²) in [6.07, 6.45) is 10.5. The second-order valence-corrected chi connectivity index (χ2v) is 4.44. The zero-order chi connectivity index (χ0) is 10.7. The number of hydrogen-bond donors (Lipinski definition) is 0. The summed E-state index contributed by atoms with van der Waals surface area (Å²) in [5, 5.41) is 0. The van der Waals surface area contributed by atoms with E-state index in [-0.39, 0.29) is 5.83 Å². The van der Waals surface area contributed by atoms with Gasteiger partial charge < -0.3 is 4.90 Å². The van der Waals surface area contributed by atoms with Crippen molar-refractivity contribution in [2.24, 2.45) is 5.92 Å². The van der Waals surface area contributed by atoms with Crippen LogP contribution < -0.4 is 0 Å². The molecule has 0 spiro atoms. The van der Waals surface area contributed by atoms with Crippen LogP contribution >= 0.6 is 0 Å². The number of nitrogens with zero attached hydrogens (tertiary/aromatic N) is 1. The lowest BCUT2D eigenvalue weighted by Crippen LogP contribution is -2.30.